The molecule has 0 spiro atoms. The Morgan fingerprint density at radius 1 is 0.958 bits per heavy atom. The fraction of sp³-hybridized carbons (Fsp3) is 0.579. The minimum absolute atomic E-state index is 0.0533. The number of hydrogen-bond acceptors (Lipinski definition) is 2. The first-order valence-corrected chi connectivity index (χ1v) is 9.65. The maximum atomic E-state index is 12.4. The second-order valence-corrected chi connectivity index (χ2v) is 9.02. The second-order valence-electron chi connectivity index (χ2n) is 8.10. The molecule has 5 rings (SSSR count). The molecule has 0 aliphatic heterocycles. The molecule has 0 radical (unpaired) electrons. The van der Waals surface area contributed by atoms with Crippen molar-refractivity contribution in [2.45, 2.75) is 44.9 Å². The van der Waals surface area contributed by atoms with E-state index in [1.807, 2.05) is 12.1 Å². The van der Waals surface area contributed by atoms with E-state index in [9.17, 15) is 9.59 Å². The van der Waals surface area contributed by atoms with Crippen molar-refractivity contribution in [3.63, 3.8) is 0 Å². The third kappa shape index (κ3) is 3.23. The first-order valence-electron chi connectivity index (χ1n) is 8.86. The summed E-state index contributed by atoms with van der Waals surface area (Å²) in [6.07, 6.45) is 8.29. The van der Waals surface area contributed by atoms with E-state index < -0.39 is 0 Å². The maximum Gasteiger partial charge on any atom is 0.269 e. The molecule has 1 aromatic rings. The number of nitrogens with one attached hydrogen (secondary N) is 2. The van der Waals surface area contributed by atoms with Crippen molar-refractivity contribution in [3.8, 4) is 0 Å². The van der Waals surface area contributed by atoms with Gasteiger partial charge in [-0.3, -0.25) is 20.4 Å². The average Bonchev–Trinajstić information content (AvgIpc) is 2.51. The van der Waals surface area contributed by atoms with Gasteiger partial charge in [0.1, 0.15) is 0 Å². The summed E-state index contributed by atoms with van der Waals surface area (Å²) >= 11 is 3.34. The van der Waals surface area contributed by atoms with Crippen LogP contribution in [0.25, 0.3) is 0 Å². The van der Waals surface area contributed by atoms with Gasteiger partial charge in [0, 0.05) is 16.5 Å². The number of carbonyl (C=O) groups is 2. The highest BCUT2D eigenvalue weighted by Gasteiger charge is 2.51. The van der Waals surface area contributed by atoms with E-state index in [1.165, 1.54) is 38.5 Å². The molecule has 4 nitrogen and oxygen atoms in total. The Balaban J connectivity index is 1.32. The topological polar surface area (TPSA) is 58.2 Å². The number of benzene rings is 1. The molecule has 4 fully saturated rings. The first-order chi connectivity index (χ1) is 11.5. The highest BCUT2D eigenvalue weighted by molar-refractivity contribution is 9.10. The Labute approximate surface area is 150 Å². The van der Waals surface area contributed by atoms with Crippen molar-refractivity contribution < 1.29 is 9.59 Å². The molecule has 2 amide bonds. The van der Waals surface area contributed by atoms with E-state index in [-0.39, 0.29) is 17.2 Å². The zero-order valence-corrected chi connectivity index (χ0v) is 15.3. The lowest BCUT2D eigenvalue weighted by atomic mass is 9.49. The molecular formula is C19H23BrN2O2. The quantitative estimate of drug-likeness (QED) is 0.770. The Kier molecular flexibility index (Phi) is 4.15. The molecule has 0 atom stereocenters. The lowest BCUT2D eigenvalue weighted by Crippen LogP contribution is -2.50. The van der Waals surface area contributed by atoms with Crippen LogP contribution in [0.1, 0.15) is 55.3 Å². The van der Waals surface area contributed by atoms with E-state index in [0.29, 0.717) is 12.0 Å². The van der Waals surface area contributed by atoms with Crippen molar-refractivity contribution in [1.82, 2.24) is 10.9 Å². The summed E-state index contributed by atoms with van der Waals surface area (Å²) in [5.74, 6) is 2.17. The third-order valence-corrected chi connectivity index (χ3v) is 6.65. The molecule has 0 heterocycles. The summed E-state index contributed by atoms with van der Waals surface area (Å²) < 4.78 is 0.921. The largest absolute Gasteiger partial charge is 0.273 e. The predicted molar refractivity (Wildman–Crippen MR) is 95.0 cm³/mol. The summed E-state index contributed by atoms with van der Waals surface area (Å²) in [5, 5.41) is 0. The summed E-state index contributed by atoms with van der Waals surface area (Å²) in [7, 11) is 0. The van der Waals surface area contributed by atoms with Crippen molar-refractivity contribution in [2.24, 2.45) is 23.2 Å². The van der Waals surface area contributed by atoms with E-state index in [4.69, 9.17) is 0 Å². The summed E-state index contributed by atoms with van der Waals surface area (Å²) in [4.78, 5) is 24.5. The van der Waals surface area contributed by atoms with Crippen LogP contribution in [-0.2, 0) is 4.79 Å². The highest BCUT2D eigenvalue weighted by atomic mass is 79.9. The minimum atomic E-state index is -0.277. The van der Waals surface area contributed by atoms with Crippen molar-refractivity contribution in [1.29, 1.82) is 0 Å². The molecule has 4 bridgehead atoms. The monoisotopic (exact) mass is 390 g/mol. The fourth-order valence-corrected chi connectivity index (χ4v) is 5.96. The molecule has 128 valence electrons. The van der Waals surface area contributed by atoms with E-state index in [1.54, 1.807) is 12.1 Å². The molecule has 0 unspecified atom stereocenters. The Morgan fingerprint density at radius 2 is 1.50 bits per heavy atom. The normalized spacial score (nSPS) is 33.3. The minimum Gasteiger partial charge on any atom is -0.273 e. The molecule has 0 aromatic heterocycles. The van der Waals surface area contributed by atoms with Crippen molar-refractivity contribution in [2.75, 3.05) is 0 Å². The van der Waals surface area contributed by atoms with Gasteiger partial charge < -0.3 is 0 Å². The molecule has 24 heavy (non-hydrogen) atoms. The van der Waals surface area contributed by atoms with Gasteiger partial charge in [0.05, 0.1) is 0 Å². The van der Waals surface area contributed by atoms with Crippen LogP contribution in [0.15, 0.2) is 28.7 Å². The van der Waals surface area contributed by atoms with E-state index in [2.05, 4.69) is 26.8 Å². The van der Waals surface area contributed by atoms with Crippen LogP contribution >= 0.6 is 15.9 Å². The number of halogens is 1. The molecule has 1 aromatic carbocycles. The Morgan fingerprint density at radius 3 is 2.04 bits per heavy atom. The van der Waals surface area contributed by atoms with Crippen LogP contribution in [0.3, 0.4) is 0 Å². The van der Waals surface area contributed by atoms with Crippen LogP contribution in [0.2, 0.25) is 0 Å². The van der Waals surface area contributed by atoms with Gasteiger partial charge in [-0.1, -0.05) is 15.9 Å². The SMILES string of the molecule is O=C(CC12CC3CC(CC(C3)C1)C2)NNC(=O)c1ccc(Br)cc1. The number of carbonyl (C=O) groups excluding carboxylic acids is 2. The summed E-state index contributed by atoms with van der Waals surface area (Å²) in [6.45, 7) is 0. The predicted octanol–water partition coefficient (Wildman–Crippen LogP) is 3.82. The van der Waals surface area contributed by atoms with Crippen LogP contribution in [-0.4, -0.2) is 11.8 Å². The molecule has 4 saturated carbocycles. The van der Waals surface area contributed by atoms with Crippen LogP contribution in [0.4, 0.5) is 0 Å². The number of hydrazine groups is 1. The third-order valence-electron chi connectivity index (χ3n) is 6.12. The smallest absolute Gasteiger partial charge is 0.269 e. The summed E-state index contributed by atoms with van der Waals surface area (Å²) in [6, 6.07) is 7.08. The second kappa shape index (κ2) is 6.17. The van der Waals surface area contributed by atoms with Crippen LogP contribution in [0, 0.1) is 23.2 Å². The van der Waals surface area contributed by atoms with Crippen LogP contribution in [0.5, 0.6) is 0 Å². The van der Waals surface area contributed by atoms with Gasteiger partial charge in [-0.05, 0) is 86.0 Å². The van der Waals surface area contributed by atoms with Crippen LogP contribution < -0.4 is 10.9 Å². The van der Waals surface area contributed by atoms with Gasteiger partial charge in [0.2, 0.25) is 5.91 Å². The lowest BCUT2D eigenvalue weighted by Gasteiger charge is -2.56. The van der Waals surface area contributed by atoms with Gasteiger partial charge in [0.25, 0.3) is 5.91 Å². The van der Waals surface area contributed by atoms with Gasteiger partial charge in [-0.25, -0.2) is 0 Å². The Hall–Kier alpha value is -1.36. The Bertz CT molecular complexity index is 621. The highest BCUT2D eigenvalue weighted by Crippen LogP contribution is 2.61. The lowest BCUT2D eigenvalue weighted by molar-refractivity contribution is -0.130. The first kappa shape index (κ1) is 16.1. The van der Waals surface area contributed by atoms with Crippen molar-refractivity contribution in [3.05, 3.63) is 34.3 Å². The van der Waals surface area contributed by atoms with E-state index >= 15 is 0 Å². The molecule has 4 aliphatic rings. The van der Waals surface area contributed by atoms with E-state index in [0.717, 1.165) is 22.2 Å². The average molecular weight is 391 g/mol. The molecule has 0 saturated heterocycles. The number of amides is 2. The van der Waals surface area contributed by atoms with Gasteiger partial charge in [-0.15, -0.1) is 0 Å². The fourth-order valence-electron chi connectivity index (χ4n) is 5.69. The molecule has 5 heteroatoms. The van der Waals surface area contributed by atoms with Gasteiger partial charge >= 0.3 is 0 Å². The molecule has 2 N–H and O–H groups in total. The molecular weight excluding hydrogens is 368 g/mol. The maximum absolute atomic E-state index is 12.4. The number of rotatable bonds is 3. The summed E-state index contributed by atoms with van der Waals surface area (Å²) in [5.41, 5.74) is 5.90. The zero-order valence-electron chi connectivity index (χ0n) is 13.7. The number of hydrogen-bond donors (Lipinski definition) is 2. The van der Waals surface area contributed by atoms with Gasteiger partial charge in [-0.2, -0.15) is 0 Å². The van der Waals surface area contributed by atoms with Gasteiger partial charge in [0.15, 0.2) is 0 Å². The molecule has 4 aliphatic carbocycles. The van der Waals surface area contributed by atoms with Crippen molar-refractivity contribution >= 4 is 27.7 Å². The standard InChI is InChI=1S/C19H23BrN2O2/c20-16-3-1-15(2-4-16)18(24)22-21-17(23)11-19-8-12-5-13(9-19)7-14(6-12)10-19/h1-4,12-14H,5-11H2,(H,21,23)(H,22,24). The zero-order chi connectivity index (χ0) is 16.7.